The van der Waals surface area contributed by atoms with Crippen molar-refractivity contribution >= 4 is 11.0 Å². The highest BCUT2D eigenvalue weighted by Gasteiger charge is 2.19. The van der Waals surface area contributed by atoms with Crippen LogP contribution in [0.1, 0.15) is 25.3 Å². The summed E-state index contributed by atoms with van der Waals surface area (Å²) in [7, 11) is 1.97. The van der Waals surface area contributed by atoms with Gasteiger partial charge in [0.15, 0.2) is 5.76 Å². The normalized spacial score (nSPS) is 16.7. The van der Waals surface area contributed by atoms with Crippen LogP contribution in [0.4, 0.5) is 0 Å². The van der Waals surface area contributed by atoms with Crippen LogP contribution in [0.5, 0.6) is 0 Å². The van der Waals surface area contributed by atoms with Gasteiger partial charge in [-0.3, -0.25) is 4.68 Å². The van der Waals surface area contributed by atoms with E-state index in [-0.39, 0.29) is 0 Å². The Bertz CT molecular complexity index is 809. The first-order valence-electron chi connectivity index (χ1n) is 9.20. The largest absolute Gasteiger partial charge is 0.454 e. The minimum Gasteiger partial charge on any atom is -0.454 e. The highest BCUT2D eigenvalue weighted by molar-refractivity contribution is 5.82. The SMILES string of the molecule is CCN1CCC(NCc2cn(C)nc2-c2cc3ccccc3o2)CC1. The number of hydrogen-bond donors (Lipinski definition) is 1. The molecule has 1 aromatic carbocycles. The van der Waals surface area contributed by atoms with Crippen LogP contribution < -0.4 is 5.32 Å². The lowest BCUT2D eigenvalue weighted by Crippen LogP contribution is -2.42. The maximum Gasteiger partial charge on any atom is 0.156 e. The van der Waals surface area contributed by atoms with Crippen LogP contribution in [0.25, 0.3) is 22.4 Å². The van der Waals surface area contributed by atoms with Crippen LogP contribution in [0.3, 0.4) is 0 Å². The first-order valence-corrected chi connectivity index (χ1v) is 9.20. The monoisotopic (exact) mass is 338 g/mol. The van der Waals surface area contributed by atoms with Crippen molar-refractivity contribution in [2.75, 3.05) is 19.6 Å². The van der Waals surface area contributed by atoms with Gasteiger partial charge in [0, 0.05) is 36.8 Å². The van der Waals surface area contributed by atoms with Crippen LogP contribution >= 0.6 is 0 Å². The molecule has 5 heteroatoms. The Morgan fingerprint density at radius 2 is 2.04 bits per heavy atom. The highest BCUT2D eigenvalue weighted by atomic mass is 16.3. The summed E-state index contributed by atoms with van der Waals surface area (Å²) in [5, 5.41) is 9.48. The maximum atomic E-state index is 6.02. The summed E-state index contributed by atoms with van der Waals surface area (Å²) >= 11 is 0. The topological polar surface area (TPSA) is 46.2 Å². The van der Waals surface area contributed by atoms with Gasteiger partial charge >= 0.3 is 0 Å². The van der Waals surface area contributed by atoms with E-state index < -0.39 is 0 Å². The molecule has 0 aliphatic carbocycles. The molecule has 0 atom stereocenters. The minimum absolute atomic E-state index is 0.589. The van der Waals surface area contributed by atoms with Crippen molar-refractivity contribution in [2.24, 2.45) is 7.05 Å². The lowest BCUT2D eigenvalue weighted by Gasteiger charge is -2.31. The van der Waals surface area contributed by atoms with Crippen LogP contribution in [-0.4, -0.2) is 40.4 Å². The molecule has 0 saturated carbocycles. The summed E-state index contributed by atoms with van der Waals surface area (Å²) < 4.78 is 7.89. The first kappa shape index (κ1) is 16.4. The number of nitrogens with zero attached hydrogens (tertiary/aromatic N) is 3. The van der Waals surface area contributed by atoms with Crippen molar-refractivity contribution in [1.29, 1.82) is 0 Å². The van der Waals surface area contributed by atoms with E-state index >= 15 is 0 Å². The summed E-state index contributed by atoms with van der Waals surface area (Å²) in [5.41, 5.74) is 3.05. The summed E-state index contributed by atoms with van der Waals surface area (Å²) in [4.78, 5) is 2.52. The Hall–Kier alpha value is -2.11. The predicted octanol–water partition coefficient (Wildman–Crippen LogP) is 3.41. The lowest BCUT2D eigenvalue weighted by atomic mass is 10.0. The molecule has 0 amide bonds. The molecule has 132 valence electrons. The molecule has 3 heterocycles. The van der Waals surface area contributed by atoms with Gasteiger partial charge in [-0.15, -0.1) is 0 Å². The van der Waals surface area contributed by atoms with E-state index in [2.05, 4.69) is 40.6 Å². The third-order valence-corrected chi connectivity index (χ3v) is 5.18. The van der Waals surface area contributed by atoms with E-state index in [1.165, 1.54) is 31.5 Å². The molecule has 1 N–H and O–H groups in total. The second-order valence-corrected chi connectivity index (χ2v) is 6.91. The van der Waals surface area contributed by atoms with Crippen molar-refractivity contribution < 1.29 is 4.42 Å². The van der Waals surface area contributed by atoms with Gasteiger partial charge in [-0.2, -0.15) is 5.10 Å². The van der Waals surface area contributed by atoms with Crippen molar-refractivity contribution in [3.05, 3.63) is 42.1 Å². The number of nitrogens with one attached hydrogen (secondary N) is 1. The molecule has 25 heavy (non-hydrogen) atoms. The molecule has 1 saturated heterocycles. The van der Waals surface area contributed by atoms with E-state index in [0.717, 1.165) is 35.5 Å². The van der Waals surface area contributed by atoms with Crippen molar-refractivity contribution in [3.8, 4) is 11.5 Å². The number of aromatic nitrogens is 2. The minimum atomic E-state index is 0.589. The summed E-state index contributed by atoms with van der Waals surface area (Å²) in [6, 6.07) is 10.8. The maximum absolute atomic E-state index is 6.02. The Morgan fingerprint density at radius 3 is 2.80 bits per heavy atom. The number of hydrogen-bond acceptors (Lipinski definition) is 4. The van der Waals surface area contributed by atoms with E-state index in [4.69, 9.17) is 4.42 Å². The quantitative estimate of drug-likeness (QED) is 0.774. The Kier molecular flexibility index (Phi) is 4.59. The first-order chi connectivity index (χ1) is 12.2. The second kappa shape index (κ2) is 7.02. The smallest absolute Gasteiger partial charge is 0.156 e. The van der Waals surface area contributed by atoms with Crippen LogP contribution in [0.2, 0.25) is 0 Å². The summed E-state index contributed by atoms with van der Waals surface area (Å²) in [6.07, 6.45) is 4.53. The fourth-order valence-corrected chi connectivity index (χ4v) is 3.68. The van der Waals surface area contributed by atoms with Crippen LogP contribution in [-0.2, 0) is 13.6 Å². The Morgan fingerprint density at radius 1 is 1.24 bits per heavy atom. The molecule has 0 radical (unpaired) electrons. The number of piperidine rings is 1. The van der Waals surface area contributed by atoms with Gasteiger partial charge in [0.25, 0.3) is 0 Å². The molecule has 1 aliphatic rings. The molecule has 2 aromatic heterocycles. The third-order valence-electron chi connectivity index (χ3n) is 5.18. The van der Waals surface area contributed by atoms with E-state index in [0.29, 0.717) is 6.04 Å². The van der Waals surface area contributed by atoms with E-state index in [1.807, 2.05) is 29.9 Å². The molecular formula is C20H26N4O. The average molecular weight is 338 g/mol. The Balaban J connectivity index is 1.49. The highest BCUT2D eigenvalue weighted by Crippen LogP contribution is 2.29. The standard InChI is InChI=1S/C20H26N4O/c1-3-24-10-8-17(9-11-24)21-13-16-14-23(2)22-20(16)19-12-15-6-4-5-7-18(15)25-19/h4-7,12,14,17,21H,3,8-11,13H2,1-2H3. The van der Waals surface area contributed by atoms with Gasteiger partial charge in [-0.25, -0.2) is 0 Å². The molecule has 5 nitrogen and oxygen atoms in total. The zero-order valence-corrected chi connectivity index (χ0v) is 15.0. The lowest BCUT2D eigenvalue weighted by molar-refractivity contribution is 0.206. The zero-order valence-electron chi connectivity index (χ0n) is 15.0. The van der Waals surface area contributed by atoms with E-state index in [1.54, 1.807) is 0 Å². The van der Waals surface area contributed by atoms with E-state index in [9.17, 15) is 0 Å². The molecule has 3 aromatic rings. The molecule has 1 fully saturated rings. The zero-order chi connectivity index (χ0) is 17.2. The van der Waals surface area contributed by atoms with Crippen molar-refractivity contribution in [1.82, 2.24) is 20.0 Å². The molecule has 1 aliphatic heterocycles. The molecule has 0 unspecified atom stereocenters. The van der Waals surface area contributed by atoms with Crippen molar-refractivity contribution in [2.45, 2.75) is 32.4 Å². The second-order valence-electron chi connectivity index (χ2n) is 6.91. The third kappa shape index (κ3) is 3.48. The Labute approximate surface area is 148 Å². The van der Waals surface area contributed by atoms with Gasteiger partial charge in [-0.1, -0.05) is 25.1 Å². The number of rotatable bonds is 5. The fraction of sp³-hybridized carbons (Fsp3) is 0.450. The number of para-hydroxylation sites is 1. The van der Waals surface area contributed by atoms with Crippen molar-refractivity contribution in [3.63, 3.8) is 0 Å². The fourth-order valence-electron chi connectivity index (χ4n) is 3.68. The number of fused-ring (bicyclic) bond motifs is 1. The summed E-state index contributed by atoms with van der Waals surface area (Å²) in [6.45, 7) is 6.61. The predicted molar refractivity (Wildman–Crippen MR) is 100 cm³/mol. The summed E-state index contributed by atoms with van der Waals surface area (Å²) in [5.74, 6) is 0.847. The number of likely N-dealkylation sites (tertiary alicyclic amines) is 1. The van der Waals surface area contributed by atoms with Crippen LogP contribution in [0.15, 0.2) is 40.9 Å². The van der Waals surface area contributed by atoms with Gasteiger partial charge in [0.05, 0.1) is 0 Å². The molecule has 0 spiro atoms. The number of benzene rings is 1. The molecular weight excluding hydrogens is 312 g/mol. The number of furan rings is 1. The van der Waals surface area contributed by atoms with Gasteiger partial charge in [0.2, 0.25) is 0 Å². The molecule has 4 rings (SSSR count). The average Bonchev–Trinajstić information content (AvgIpc) is 3.23. The van der Waals surface area contributed by atoms with Gasteiger partial charge in [-0.05, 0) is 44.6 Å². The van der Waals surface area contributed by atoms with Crippen LogP contribution in [0, 0.1) is 0 Å². The molecule has 0 bridgehead atoms. The number of aryl methyl sites for hydroxylation is 1. The van der Waals surface area contributed by atoms with Gasteiger partial charge in [0.1, 0.15) is 11.3 Å². The van der Waals surface area contributed by atoms with Gasteiger partial charge < -0.3 is 14.6 Å².